The van der Waals surface area contributed by atoms with Gasteiger partial charge < -0.3 is 5.73 Å². The van der Waals surface area contributed by atoms with Crippen LogP contribution in [0.15, 0.2) is 24.3 Å². The van der Waals surface area contributed by atoms with E-state index in [0.29, 0.717) is 5.92 Å². The Kier molecular flexibility index (Phi) is 6.78. The Hall–Kier alpha value is -0.560. The highest BCUT2D eigenvalue weighted by atomic mass is 14.6. The second kappa shape index (κ2) is 7.11. The summed E-state index contributed by atoms with van der Waals surface area (Å²) >= 11 is 0. The van der Waals surface area contributed by atoms with E-state index >= 15 is 0 Å². The van der Waals surface area contributed by atoms with Gasteiger partial charge in [-0.3, -0.25) is 0 Å². The van der Waals surface area contributed by atoms with Crippen LogP contribution in [0.1, 0.15) is 33.6 Å². The van der Waals surface area contributed by atoms with Crippen molar-refractivity contribution in [1.29, 1.82) is 0 Å². The first-order valence-electron chi connectivity index (χ1n) is 4.75. The molecule has 0 aliphatic rings. The van der Waals surface area contributed by atoms with Crippen LogP contribution in [0.25, 0.3) is 0 Å². The van der Waals surface area contributed by atoms with Gasteiger partial charge in [0.2, 0.25) is 0 Å². The maximum Gasteiger partial charge on any atom is 0.0229 e. The van der Waals surface area contributed by atoms with Crippen LogP contribution in [-0.4, -0.2) is 6.04 Å². The molecular formula is C11H21N. The maximum atomic E-state index is 5.87. The average Bonchev–Trinajstić information content (AvgIpc) is 2.01. The van der Waals surface area contributed by atoms with Crippen molar-refractivity contribution in [3.63, 3.8) is 0 Å². The van der Waals surface area contributed by atoms with Crippen LogP contribution in [0, 0.1) is 5.92 Å². The van der Waals surface area contributed by atoms with Crippen LogP contribution < -0.4 is 5.73 Å². The van der Waals surface area contributed by atoms with Crippen molar-refractivity contribution in [2.24, 2.45) is 11.7 Å². The summed E-state index contributed by atoms with van der Waals surface area (Å²) in [6.07, 6.45) is 10.6. The highest BCUT2D eigenvalue weighted by Gasteiger charge is 2.01. The molecule has 0 aromatic heterocycles. The molecule has 12 heavy (non-hydrogen) atoms. The fourth-order valence-electron chi connectivity index (χ4n) is 1.23. The van der Waals surface area contributed by atoms with E-state index in [1.165, 1.54) is 0 Å². The number of hydrogen-bond acceptors (Lipinski definition) is 1. The summed E-state index contributed by atoms with van der Waals surface area (Å²) in [4.78, 5) is 0. The normalized spacial score (nSPS) is 17.3. The number of allylic oxidation sites excluding steroid dienone is 3. The molecule has 0 radical (unpaired) electrons. The molecule has 0 bridgehead atoms. The number of rotatable bonds is 5. The first kappa shape index (κ1) is 11.4. The predicted octanol–water partition coefficient (Wildman–Crippen LogP) is 2.88. The molecule has 70 valence electrons. The topological polar surface area (TPSA) is 26.0 Å². The van der Waals surface area contributed by atoms with Gasteiger partial charge in [-0.15, -0.1) is 0 Å². The van der Waals surface area contributed by atoms with Gasteiger partial charge in [0.1, 0.15) is 0 Å². The Bertz CT molecular complexity index is 147. The minimum Gasteiger partial charge on any atom is -0.324 e. The molecule has 0 aromatic rings. The van der Waals surface area contributed by atoms with E-state index in [4.69, 9.17) is 5.73 Å². The summed E-state index contributed by atoms with van der Waals surface area (Å²) in [5, 5.41) is 0. The SMILES string of the molecule is C/C=C/[C@@H](C)CC(N)/C=C\CC. The zero-order chi connectivity index (χ0) is 9.40. The fraction of sp³-hybridized carbons (Fsp3) is 0.636. The second-order valence-corrected chi connectivity index (χ2v) is 3.24. The Morgan fingerprint density at radius 3 is 2.50 bits per heavy atom. The largest absolute Gasteiger partial charge is 0.324 e. The van der Waals surface area contributed by atoms with E-state index in [9.17, 15) is 0 Å². The van der Waals surface area contributed by atoms with Crippen LogP contribution in [0.3, 0.4) is 0 Å². The molecule has 0 aliphatic heterocycles. The molecule has 0 heterocycles. The quantitative estimate of drug-likeness (QED) is 0.626. The van der Waals surface area contributed by atoms with Gasteiger partial charge in [-0.25, -0.2) is 0 Å². The Balaban J connectivity index is 3.67. The van der Waals surface area contributed by atoms with Gasteiger partial charge in [-0.2, -0.15) is 0 Å². The lowest BCUT2D eigenvalue weighted by atomic mass is 10.0. The lowest BCUT2D eigenvalue weighted by molar-refractivity contribution is 0.594. The Morgan fingerprint density at radius 1 is 1.33 bits per heavy atom. The molecule has 2 atom stereocenters. The molecule has 1 nitrogen and oxygen atoms in total. The standard InChI is InChI=1S/C11H21N/c1-4-6-8-11(12)9-10(3)7-5-2/h5-8,10-11H,4,9,12H2,1-3H3/b7-5+,8-6-/t10-,11?/m1/s1. The molecule has 1 heteroatoms. The van der Waals surface area contributed by atoms with Crippen molar-refractivity contribution < 1.29 is 0 Å². The lowest BCUT2D eigenvalue weighted by Crippen LogP contribution is -2.19. The first-order valence-corrected chi connectivity index (χ1v) is 4.75. The van der Waals surface area contributed by atoms with Gasteiger partial charge in [0.05, 0.1) is 0 Å². The zero-order valence-corrected chi connectivity index (χ0v) is 8.46. The summed E-state index contributed by atoms with van der Waals surface area (Å²) in [7, 11) is 0. The third-order valence-electron chi connectivity index (χ3n) is 1.78. The van der Waals surface area contributed by atoms with Crippen molar-refractivity contribution in [3.8, 4) is 0 Å². The zero-order valence-electron chi connectivity index (χ0n) is 8.46. The summed E-state index contributed by atoms with van der Waals surface area (Å²) < 4.78 is 0. The van der Waals surface area contributed by atoms with Crippen molar-refractivity contribution >= 4 is 0 Å². The predicted molar refractivity (Wildman–Crippen MR) is 56.0 cm³/mol. The van der Waals surface area contributed by atoms with E-state index in [1.54, 1.807) is 0 Å². The van der Waals surface area contributed by atoms with Crippen LogP contribution in [0.5, 0.6) is 0 Å². The van der Waals surface area contributed by atoms with E-state index in [2.05, 4.69) is 38.2 Å². The molecule has 0 saturated carbocycles. The van der Waals surface area contributed by atoms with E-state index in [1.807, 2.05) is 6.92 Å². The highest BCUT2D eigenvalue weighted by molar-refractivity contribution is 4.94. The fourth-order valence-corrected chi connectivity index (χ4v) is 1.23. The third kappa shape index (κ3) is 6.17. The highest BCUT2D eigenvalue weighted by Crippen LogP contribution is 2.07. The van der Waals surface area contributed by atoms with Gasteiger partial charge in [0, 0.05) is 6.04 Å². The van der Waals surface area contributed by atoms with Gasteiger partial charge in [-0.1, -0.05) is 38.2 Å². The van der Waals surface area contributed by atoms with Gasteiger partial charge >= 0.3 is 0 Å². The van der Waals surface area contributed by atoms with Crippen molar-refractivity contribution in [2.75, 3.05) is 0 Å². The Labute approximate surface area is 76.3 Å². The monoisotopic (exact) mass is 167 g/mol. The van der Waals surface area contributed by atoms with Crippen LogP contribution in [-0.2, 0) is 0 Å². The molecular weight excluding hydrogens is 146 g/mol. The first-order chi connectivity index (χ1) is 5.70. The molecule has 2 N–H and O–H groups in total. The maximum absolute atomic E-state index is 5.87. The molecule has 0 amide bonds. The van der Waals surface area contributed by atoms with Crippen molar-refractivity contribution in [1.82, 2.24) is 0 Å². The van der Waals surface area contributed by atoms with E-state index in [-0.39, 0.29) is 6.04 Å². The molecule has 0 fully saturated rings. The Morgan fingerprint density at radius 2 is 2.00 bits per heavy atom. The number of nitrogens with two attached hydrogens (primary N) is 1. The molecule has 0 aromatic carbocycles. The van der Waals surface area contributed by atoms with Gasteiger partial charge in [0.25, 0.3) is 0 Å². The molecule has 1 unspecified atom stereocenters. The molecule has 0 aliphatic carbocycles. The molecule has 0 spiro atoms. The summed E-state index contributed by atoms with van der Waals surface area (Å²) in [5.74, 6) is 0.589. The summed E-state index contributed by atoms with van der Waals surface area (Å²) in [6, 6.07) is 0.219. The average molecular weight is 167 g/mol. The second-order valence-electron chi connectivity index (χ2n) is 3.24. The third-order valence-corrected chi connectivity index (χ3v) is 1.78. The summed E-state index contributed by atoms with van der Waals surface area (Å²) in [6.45, 7) is 6.36. The van der Waals surface area contributed by atoms with E-state index in [0.717, 1.165) is 12.8 Å². The minimum atomic E-state index is 0.219. The van der Waals surface area contributed by atoms with Crippen LogP contribution in [0.2, 0.25) is 0 Å². The van der Waals surface area contributed by atoms with Gasteiger partial charge in [-0.05, 0) is 25.7 Å². The van der Waals surface area contributed by atoms with E-state index < -0.39 is 0 Å². The lowest BCUT2D eigenvalue weighted by Gasteiger charge is -2.09. The van der Waals surface area contributed by atoms with Crippen molar-refractivity contribution in [2.45, 2.75) is 39.7 Å². The summed E-state index contributed by atoms with van der Waals surface area (Å²) in [5.41, 5.74) is 5.87. The van der Waals surface area contributed by atoms with Gasteiger partial charge in [0.15, 0.2) is 0 Å². The van der Waals surface area contributed by atoms with Crippen LogP contribution in [0.4, 0.5) is 0 Å². The number of hydrogen-bond donors (Lipinski definition) is 1. The van der Waals surface area contributed by atoms with Crippen LogP contribution >= 0.6 is 0 Å². The minimum absolute atomic E-state index is 0.219. The smallest absolute Gasteiger partial charge is 0.0229 e. The molecule has 0 rings (SSSR count). The molecule has 0 saturated heterocycles. The van der Waals surface area contributed by atoms with Crippen molar-refractivity contribution in [3.05, 3.63) is 24.3 Å².